The topological polar surface area (TPSA) is 76.1 Å². The molecule has 7 nitrogen and oxygen atoms in total. The quantitative estimate of drug-likeness (QED) is 0.703. The number of hydrogen-bond acceptors (Lipinski definition) is 7. The Morgan fingerprint density at radius 3 is 2.12 bits per heavy atom. The van der Waals surface area contributed by atoms with E-state index in [1.807, 2.05) is 0 Å². The van der Waals surface area contributed by atoms with Crippen LogP contribution in [0.2, 0.25) is 0 Å². The van der Waals surface area contributed by atoms with Crippen LogP contribution in [0.4, 0.5) is 0 Å². The van der Waals surface area contributed by atoms with Gasteiger partial charge >= 0.3 is 5.97 Å². The van der Waals surface area contributed by atoms with Crippen molar-refractivity contribution in [3.05, 3.63) is 41.1 Å². The summed E-state index contributed by atoms with van der Waals surface area (Å²) in [6.07, 6.45) is 5.12. The molecule has 0 fully saturated rings. The minimum atomic E-state index is -0.510. The normalized spacial score (nSPS) is 10.5. The first kappa shape index (κ1) is 19.1. The highest BCUT2D eigenvalue weighted by Gasteiger charge is 2.19. The molecule has 0 aliphatic heterocycles. The van der Waals surface area contributed by atoms with E-state index >= 15 is 0 Å². The standard InChI is InChI=1S/C19H21NO6/c1-22-14-8-12(18(19(21)26-5)16(9-14)24-3)6-7-13-11-20-17(25-4)10-15(13)23-2/h6-11H,1-5H3/b7-6+. The van der Waals surface area contributed by atoms with Crippen LogP contribution >= 0.6 is 0 Å². The van der Waals surface area contributed by atoms with Gasteiger partial charge in [-0.2, -0.15) is 0 Å². The van der Waals surface area contributed by atoms with Crippen LogP contribution in [0.5, 0.6) is 23.1 Å². The molecule has 0 spiro atoms. The number of carbonyl (C=O) groups is 1. The molecule has 0 radical (unpaired) electrons. The predicted octanol–water partition coefficient (Wildman–Crippen LogP) is 3.07. The Labute approximate surface area is 152 Å². The highest BCUT2D eigenvalue weighted by Crippen LogP contribution is 2.31. The zero-order chi connectivity index (χ0) is 19.1. The molecule has 0 amide bonds. The Morgan fingerprint density at radius 1 is 0.846 bits per heavy atom. The maximum absolute atomic E-state index is 12.2. The van der Waals surface area contributed by atoms with Crippen LogP contribution in [0.25, 0.3) is 12.2 Å². The van der Waals surface area contributed by atoms with Crippen molar-refractivity contribution >= 4 is 18.1 Å². The van der Waals surface area contributed by atoms with E-state index in [4.69, 9.17) is 23.7 Å². The molecule has 1 aromatic carbocycles. The summed E-state index contributed by atoms with van der Waals surface area (Å²) >= 11 is 0. The molecule has 0 unspecified atom stereocenters. The van der Waals surface area contributed by atoms with Gasteiger partial charge in [0, 0.05) is 23.9 Å². The number of pyridine rings is 1. The average Bonchev–Trinajstić information content (AvgIpc) is 2.70. The molecule has 0 saturated carbocycles. The van der Waals surface area contributed by atoms with Crippen LogP contribution in [0, 0.1) is 0 Å². The Bertz CT molecular complexity index is 816. The molecule has 0 bridgehead atoms. The van der Waals surface area contributed by atoms with Crippen LogP contribution in [0.3, 0.4) is 0 Å². The third-order valence-corrected chi connectivity index (χ3v) is 3.69. The van der Waals surface area contributed by atoms with Gasteiger partial charge in [0.2, 0.25) is 5.88 Å². The van der Waals surface area contributed by atoms with Crippen LogP contribution in [-0.4, -0.2) is 46.5 Å². The molecule has 0 atom stereocenters. The van der Waals surface area contributed by atoms with Gasteiger partial charge in [-0.25, -0.2) is 9.78 Å². The molecule has 0 saturated heterocycles. The number of hydrogen-bond donors (Lipinski definition) is 0. The minimum absolute atomic E-state index is 0.299. The zero-order valence-corrected chi connectivity index (χ0v) is 15.4. The van der Waals surface area contributed by atoms with E-state index in [0.717, 1.165) is 0 Å². The van der Waals surface area contributed by atoms with Crippen LogP contribution in [0.15, 0.2) is 24.4 Å². The van der Waals surface area contributed by atoms with Crippen molar-refractivity contribution in [1.82, 2.24) is 4.98 Å². The van der Waals surface area contributed by atoms with Gasteiger partial charge in [-0.05, 0) is 17.7 Å². The average molecular weight is 359 g/mol. The van der Waals surface area contributed by atoms with Gasteiger partial charge in [0.15, 0.2) is 0 Å². The fourth-order valence-electron chi connectivity index (χ4n) is 2.36. The van der Waals surface area contributed by atoms with Crippen LogP contribution in [0.1, 0.15) is 21.5 Å². The third kappa shape index (κ3) is 4.05. The summed E-state index contributed by atoms with van der Waals surface area (Å²) in [5.41, 5.74) is 1.59. The number of nitrogens with zero attached hydrogens (tertiary/aromatic N) is 1. The highest BCUT2D eigenvalue weighted by molar-refractivity contribution is 5.98. The van der Waals surface area contributed by atoms with Crippen molar-refractivity contribution in [2.24, 2.45) is 0 Å². The van der Waals surface area contributed by atoms with Gasteiger partial charge in [0.1, 0.15) is 22.8 Å². The first-order valence-corrected chi connectivity index (χ1v) is 7.68. The second kappa shape index (κ2) is 8.75. The van der Waals surface area contributed by atoms with E-state index in [2.05, 4.69) is 4.98 Å². The lowest BCUT2D eigenvalue weighted by Gasteiger charge is -2.12. The van der Waals surface area contributed by atoms with E-state index in [9.17, 15) is 4.79 Å². The molecule has 2 aromatic rings. The molecule has 138 valence electrons. The Hall–Kier alpha value is -3.22. The molecule has 0 N–H and O–H groups in total. The number of benzene rings is 1. The van der Waals surface area contributed by atoms with Crippen molar-refractivity contribution < 1.29 is 28.5 Å². The lowest BCUT2D eigenvalue weighted by molar-refractivity contribution is 0.0597. The summed E-state index contributed by atoms with van der Waals surface area (Å²) in [5.74, 6) is 1.42. The maximum atomic E-state index is 12.2. The van der Waals surface area contributed by atoms with Gasteiger partial charge in [0.25, 0.3) is 0 Å². The second-order valence-electron chi connectivity index (χ2n) is 5.09. The Kier molecular flexibility index (Phi) is 6.43. The second-order valence-corrected chi connectivity index (χ2v) is 5.09. The zero-order valence-electron chi connectivity index (χ0n) is 15.4. The van der Waals surface area contributed by atoms with E-state index in [1.54, 1.807) is 43.7 Å². The molecule has 26 heavy (non-hydrogen) atoms. The molecule has 1 heterocycles. The summed E-state index contributed by atoms with van der Waals surface area (Å²) in [5, 5.41) is 0. The lowest BCUT2D eigenvalue weighted by Crippen LogP contribution is -2.07. The molecule has 0 aliphatic carbocycles. The summed E-state index contributed by atoms with van der Waals surface area (Å²) in [6, 6.07) is 5.01. The summed E-state index contributed by atoms with van der Waals surface area (Å²) in [7, 11) is 7.42. The van der Waals surface area contributed by atoms with Gasteiger partial charge in [0.05, 0.1) is 35.5 Å². The minimum Gasteiger partial charge on any atom is -0.497 e. The summed E-state index contributed by atoms with van der Waals surface area (Å²) in [6.45, 7) is 0. The van der Waals surface area contributed by atoms with E-state index in [1.165, 1.54) is 28.4 Å². The monoisotopic (exact) mass is 359 g/mol. The van der Waals surface area contributed by atoms with Crippen LogP contribution in [-0.2, 0) is 4.74 Å². The largest absolute Gasteiger partial charge is 0.497 e. The molecule has 2 rings (SSSR count). The first-order valence-electron chi connectivity index (χ1n) is 7.68. The fraction of sp³-hybridized carbons (Fsp3) is 0.263. The number of carbonyl (C=O) groups excluding carboxylic acids is 1. The smallest absolute Gasteiger partial charge is 0.342 e. The molecular formula is C19H21NO6. The van der Waals surface area contributed by atoms with Crippen molar-refractivity contribution in [2.75, 3.05) is 35.5 Å². The third-order valence-electron chi connectivity index (χ3n) is 3.69. The number of rotatable bonds is 7. The fourth-order valence-corrected chi connectivity index (χ4v) is 2.36. The maximum Gasteiger partial charge on any atom is 0.342 e. The molecular weight excluding hydrogens is 338 g/mol. The number of esters is 1. The van der Waals surface area contributed by atoms with E-state index in [-0.39, 0.29) is 0 Å². The van der Waals surface area contributed by atoms with Crippen molar-refractivity contribution in [3.8, 4) is 23.1 Å². The first-order chi connectivity index (χ1) is 12.6. The van der Waals surface area contributed by atoms with E-state index in [0.29, 0.717) is 39.8 Å². The Balaban J connectivity index is 2.54. The molecule has 7 heteroatoms. The number of aromatic nitrogens is 1. The lowest BCUT2D eigenvalue weighted by atomic mass is 10.0. The Morgan fingerprint density at radius 2 is 1.54 bits per heavy atom. The van der Waals surface area contributed by atoms with Gasteiger partial charge in [-0.3, -0.25) is 0 Å². The van der Waals surface area contributed by atoms with Crippen molar-refractivity contribution in [3.63, 3.8) is 0 Å². The molecule has 1 aromatic heterocycles. The van der Waals surface area contributed by atoms with Crippen LogP contribution < -0.4 is 18.9 Å². The summed E-state index contributed by atoms with van der Waals surface area (Å²) in [4.78, 5) is 16.4. The van der Waals surface area contributed by atoms with Crippen molar-refractivity contribution in [1.29, 1.82) is 0 Å². The van der Waals surface area contributed by atoms with Gasteiger partial charge in [-0.15, -0.1) is 0 Å². The highest BCUT2D eigenvalue weighted by atomic mass is 16.5. The van der Waals surface area contributed by atoms with Gasteiger partial charge in [-0.1, -0.05) is 6.08 Å². The predicted molar refractivity (Wildman–Crippen MR) is 97.2 cm³/mol. The van der Waals surface area contributed by atoms with E-state index < -0.39 is 5.97 Å². The van der Waals surface area contributed by atoms with Crippen molar-refractivity contribution in [2.45, 2.75) is 0 Å². The van der Waals surface area contributed by atoms with Gasteiger partial charge < -0.3 is 23.7 Å². The molecule has 0 aliphatic rings. The SMILES string of the molecule is COC(=O)c1c(/C=C/c2cnc(OC)cc2OC)cc(OC)cc1OC. The number of ether oxygens (including phenoxy) is 5. The number of methoxy groups -OCH3 is 5. The summed E-state index contributed by atoms with van der Waals surface area (Å²) < 4.78 is 25.9.